The van der Waals surface area contributed by atoms with Crippen molar-refractivity contribution in [2.24, 2.45) is 0 Å². The largest absolute Gasteiger partial charge is 1.00 e. The van der Waals surface area contributed by atoms with E-state index in [1.807, 2.05) is 6.92 Å². The summed E-state index contributed by atoms with van der Waals surface area (Å²) in [4.78, 5) is 31.4. The molecule has 0 fully saturated rings. The Hall–Kier alpha value is -1.77. The minimum atomic E-state index is -4.79. The molecule has 0 bridgehead atoms. The van der Waals surface area contributed by atoms with Crippen LogP contribution in [0, 0.1) is 0 Å². The van der Waals surface area contributed by atoms with Crippen LogP contribution in [0.1, 0.15) is 30.7 Å². The average Bonchev–Trinajstić information content (AvgIpc) is 3.08. The van der Waals surface area contributed by atoms with Crippen molar-refractivity contribution >= 4 is 30.5 Å². The molecule has 0 aromatic heterocycles. The number of phosphoric ester groups is 1. The zero-order valence-corrected chi connectivity index (χ0v) is 23.0. The molecule has 1 heterocycles. The second kappa shape index (κ2) is 15.4. The fourth-order valence-electron chi connectivity index (χ4n) is 2.79. The number of hydrogen-bond acceptors (Lipinski definition) is 7. The Morgan fingerprint density at radius 1 is 1.17 bits per heavy atom. The van der Waals surface area contributed by atoms with Gasteiger partial charge >= 0.3 is 37.4 Å². The van der Waals surface area contributed by atoms with Crippen molar-refractivity contribution in [2.45, 2.75) is 18.2 Å². The Kier molecular flexibility index (Phi) is 15.5. The molecule has 2 aromatic carbocycles. The molecule has 0 spiro atoms. The molecular weight excluding hydrogens is 518 g/mol. The average molecular weight is 546 g/mol. The second-order valence-electron chi connectivity index (χ2n) is 6.44. The van der Waals surface area contributed by atoms with Crippen LogP contribution in [-0.4, -0.2) is 55.9 Å². The molecule has 192 valence electrons. The first kappa shape index (κ1) is 35.4. The Labute approximate surface area is 227 Å². The van der Waals surface area contributed by atoms with Crippen molar-refractivity contribution in [2.75, 3.05) is 19.7 Å². The zero-order valence-electron chi connectivity index (χ0n) is 20.3. The van der Waals surface area contributed by atoms with E-state index in [0.29, 0.717) is 28.6 Å². The third kappa shape index (κ3) is 9.32. The van der Waals surface area contributed by atoms with E-state index < -0.39 is 18.6 Å². The number of rotatable bonds is 9. The van der Waals surface area contributed by atoms with Gasteiger partial charge in [-0.25, -0.2) is 4.57 Å². The van der Waals surface area contributed by atoms with E-state index in [2.05, 4.69) is 4.52 Å². The summed E-state index contributed by atoms with van der Waals surface area (Å²) in [6, 6.07) is 7.47. The van der Waals surface area contributed by atoms with Crippen LogP contribution in [0.4, 0.5) is 0 Å². The van der Waals surface area contributed by atoms with Gasteiger partial charge in [-0.15, -0.1) is 0 Å². The molecular formula is C20H28NaO12PS. The molecule has 0 aliphatic carbocycles. The van der Waals surface area contributed by atoms with E-state index in [4.69, 9.17) is 24.0 Å². The van der Waals surface area contributed by atoms with E-state index in [1.54, 1.807) is 12.1 Å². The summed E-state index contributed by atoms with van der Waals surface area (Å²) in [7, 11) is -4.76. The van der Waals surface area contributed by atoms with Gasteiger partial charge in [0.1, 0.15) is 11.5 Å². The SMILES string of the molecule is CCCOc1cc2c(cc1C(=O)/C=C/c1ccc(OC)c(OP(=O)(O)O)c1)OCS2=O.O.O.O.[H-].[Na+]. The summed E-state index contributed by atoms with van der Waals surface area (Å²) >= 11 is 0. The van der Waals surface area contributed by atoms with Gasteiger partial charge in [0.15, 0.2) is 23.2 Å². The van der Waals surface area contributed by atoms with Crippen LogP contribution in [0.2, 0.25) is 0 Å². The number of benzene rings is 2. The molecule has 0 saturated heterocycles. The number of ether oxygens (including phenoxy) is 3. The molecule has 1 atom stereocenters. The van der Waals surface area contributed by atoms with E-state index in [9.17, 15) is 13.6 Å². The van der Waals surface area contributed by atoms with Crippen LogP contribution in [0.3, 0.4) is 0 Å². The van der Waals surface area contributed by atoms with Crippen LogP contribution in [-0.2, 0) is 15.4 Å². The number of carbonyl (C=O) groups is 1. The maximum absolute atomic E-state index is 12.8. The Bertz CT molecular complexity index is 1110. The van der Waals surface area contributed by atoms with Crippen molar-refractivity contribution in [3.05, 3.63) is 47.5 Å². The van der Waals surface area contributed by atoms with E-state index >= 15 is 0 Å². The van der Waals surface area contributed by atoms with Crippen LogP contribution >= 0.6 is 7.82 Å². The maximum atomic E-state index is 12.8. The molecule has 3 rings (SSSR count). The second-order valence-corrected chi connectivity index (χ2v) is 8.97. The summed E-state index contributed by atoms with van der Waals surface area (Å²) in [5.74, 6) is 0.305. The topological polar surface area (TPSA) is 223 Å². The molecule has 12 nitrogen and oxygen atoms in total. The van der Waals surface area contributed by atoms with Gasteiger partial charge in [-0.3, -0.25) is 18.8 Å². The molecule has 0 saturated carbocycles. The first-order valence-corrected chi connectivity index (χ1v) is 12.0. The molecule has 15 heteroatoms. The van der Waals surface area contributed by atoms with E-state index in [-0.39, 0.29) is 76.2 Å². The van der Waals surface area contributed by atoms with Crippen molar-refractivity contribution in [1.82, 2.24) is 0 Å². The minimum Gasteiger partial charge on any atom is -1.00 e. The van der Waals surface area contributed by atoms with E-state index in [1.165, 1.54) is 37.5 Å². The quantitative estimate of drug-likeness (QED) is 0.153. The minimum absolute atomic E-state index is 0. The monoisotopic (exact) mass is 546 g/mol. The molecule has 1 unspecified atom stereocenters. The molecule has 35 heavy (non-hydrogen) atoms. The third-order valence-corrected chi connectivity index (χ3v) is 5.75. The molecule has 1 aliphatic heterocycles. The van der Waals surface area contributed by atoms with Crippen molar-refractivity contribution in [1.29, 1.82) is 0 Å². The van der Waals surface area contributed by atoms with Crippen molar-refractivity contribution in [3.63, 3.8) is 0 Å². The number of phosphoric acid groups is 1. The van der Waals surface area contributed by atoms with Crippen LogP contribution in [0.15, 0.2) is 41.3 Å². The van der Waals surface area contributed by atoms with Gasteiger partial charge in [-0.2, -0.15) is 0 Å². The van der Waals surface area contributed by atoms with Gasteiger partial charge in [0.25, 0.3) is 0 Å². The smallest absolute Gasteiger partial charge is 1.00 e. The van der Waals surface area contributed by atoms with Gasteiger partial charge in [0, 0.05) is 6.07 Å². The molecule has 2 aromatic rings. The standard InChI is InChI=1S/C20H21O9PS.Na.3H2O.H/c1-3-8-27-17-11-20-19(28-12-31(20)25)10-14(17)15(21)6-4-13-5-7-16(26-2)18(9-13)29-30(22,23)24;;;;;/h4-7,9-11H,3,8,12H2,1-2H3,(H2,22,23,24);;3*1H2;/q;+1;;;;-1/b6-4+;;;;;. The first-order valence-electron chi connectivity index (χ1n) is 9.19. The van der Waals surface area contributed by atoms with E-state index in [0.717, 1.165) is 6.42 Å². The van der Waals surface area contributed by atoms with Crippen LogP contribution in [0.5, 0.6) is 23.0 Å². The van der Waals surface area contributed by atoms with Crippen LogP contribution in [0.25, 0.3) is 6.08 Å². The number of carbonyl (C=O) groups excluding carboxylic acids is 1. The Morgan fingerprint density at radius 3 is 2.46 bits per heavy atom. The van der Waals surface area contributed by atoms with Gasteiger partial charge < -0.3 is 36.6 Å². The van der Waals surface area contributed by atoms with Gasteiger partial charge in [-0.05, 0) is 36.3 Å². The maximum Gasteiger partial charge on any atom is 1.00 e. The summed E-state index contributed by atoms with van der Waals surface area (Å²) in [6.45, 7) is 2.31. The number of ketones is 1. The van der Waals surface area contributed by atoms with Gasteiger partial charge in [-0.1, -0.05) is 19.1 Å². The molecule has 0 radical (unpaired) electrons. The number of allylic oxidation sites excluding steroid dienone is 1. The summed E-state index contributed by atoms with van der Waals surface area (Å²) in [6.07, 6.45) is 3.48. The number of fused-ring (bicyclic) bond motifs is 1. The third-order valence-electron chi connectivity index (χ3n) is 4.17. The normalized spacial score (nSPS) is 13.7. The fourth-order valence-corrected chi connectivity index (χ4v) is 4.14. The van der Waals surface area contributed by atoms with Crippen LogP contribution < -0.4 is 48.3 Å². The summed E-state index contributed by atoms with van der Waals surface area (Å²) in [5, 5.41) is 0. The summed E-state index contributed by atoms with van der Waals surface area (Å²) < 4.78 is 43.9. The summed E-state index contributed by atoms with van der Waals surface area (Å²) in [5.41, 5.74) is 0.703. The first-order chi connectivity index (χ1) is 14.7. The Morgan fingerprint density at radius 2 is 1.86 bits per heavy atom. The fraction of sp³-hybridized carbons (Fsp3) is 0.250. The number of methoxy groups -OCH3 is 1. The predicted octanol–water partition coefficient (Wildman–Crippen LogP) is -2.05. The van der Waals surface area contributed by atoms with Gasteiger partial charge in [0.05, 0.1) is 35.0 Å². The predicted molar refractivity (Wildman–Crippen MR) is 125 cm³/mol. The van der Waals surface area contributed by atoms with Crippen molar-refractivity contribution in [3.8, 4) is 23.0 Å². The van der Waals surface area contributed by atoms with Crippen molar-refractivity contribution < 1.29 is 89.5 Å². The molecule has 8 N–H and O–H groups in total. The molecule has 0 amide bonds. The zero-order chi connectivity index (χ0) is 22.6. The van der Waals surface area contributed by atoms with Gasteiger partial charge in [0.2, 0.25) is 0 Å². The number of hydrogen-bond donors (Lipinski definition) is 2. The molecule has 1 aliphatic rings. The Balaban J connectivity index is -0.00000218.